The van der Waals surface area contributed by atoms with Gasteiger partial charge in [-0.2, -0.15) is 5.10 Å². The van der Waals surface area contributed by atoms with Crippen molar-refractivity contribution in [1.29, 1.82) is 0 Å². The third kappa shape index (κ3) is 3.57. The van der Waals surface area contributed by atoms with Gasteiger partial charge >= 0.3 is 0 Å². The van der Waals surface area contributed by atoms with E-state index in [1.54, 1.807) is 6.20 Å². The standard InChI is InChI=1S/C27H21N5O2/c1-16-11-12-28-25(13-16)34-20-6-4-5-19(14-20)33-21-8-9-22-23(15-21)27-30-18(3)31-32(27)24-10-7-17(2)29-26(22)24/h4-15H,1-3H3. The summed E-state index contributed by atoms with van der Waals surface area (Å²) in [6.45, 7) is 5.88. The van der Waals surface area contributed by atoms with Crippen LogP contribution in [0.4, 0.5) is 0 Å². The Morgan fingerprint density at radius 2 is 1.56 bits per heavy atom. The van der Waals surface area contributed by atoms with Gasteiger partial charge in [0.2, 0.25) is 5.88 Å². The Labute approximate surface area is 195 Å². The fourth-order valence-electron chi connectivity index (χ4n) is 4.08. The first kappa shape index (κ1) is 20.1. The number of aromatic nitrogens is 5. The maximum atomic E-state index is 6.20. The van der Waals surface area contributed by atoms with E-state index in [1.165, 1.54) is 0 Å². The molecule has 34 heavy (non-hydrogen) atoms. The second-order valence-electron chi connectivity index (χ2n) is 8.27. The average Bonchev–Trinajstić information content (AvgIpc) is 3.21. The quantitative estimate of drug-likeness (QED) is 0.294. The second-order valence-corrected chi connectivity index (χ2v) is 8.27. The maximum Gasteiger partial charge on any atom is 0.219 e. The van der Waals surface area contributed by atoms with E-state index in [4.69, 9.17) is 14.5 Å². The van der Waals surface area contributed by atoms with Crippen molar-refractivity contribution >= 4 is 27.5 Å². The van der Waals surface area contributed by atoms with E-state index in [1.807, 2.05) is 92.0 Å². The van der Waals surface area contributed by atoms with Crippen molar-refractivity contribution in [2.45, 2.75) is 20.8 Å². The zero-order valence-electron chi connectivity index (χ0n) is 19.0. The number of benzene rings is 2. The molecule has 0 saturated heterocycles. The van der Waals surface area contributed by atoms with Crippen LogP contribution in [0.3, 0.4) is 0 Å². The molecule has 166 valence electrons. The van der Waals surface area contributed by atoms with Gasteiger partial charge in [-0.15, -0.1) is 0 Å². The summed E-state index contributed by atoms with van der Waals surface area (Å²) in [4.78, 5) is 13.7. The molecule has 6 rings (SSSR count). The largest absolute Gasteiger partial charge is 0.457 e. The highest BCUT2D eigenvalue weighted by Crippen LogP contribution is 2.33. The van der Waals surface area contributed by atoms with Crippen molar-refractivity contribution < 1.29 is 9.47 Å². The van der Waals surface area contributed by atoms with Gasteiger partial charge in [0, 0.05) is 34.8 Å². The molecule has 7 heteroatoms. The molecule has 4 heterocycles. The van der Waals surface area contributed by atoms with Crippen molar-refractivity contribution in [2.24, 2.45) is 0 Å². The van der Waals surface area contributed by atoms with Crippen molar-refractivity contribution in [3.05, 3.63) is 90.0 Å². The Hall–Kier alpha value is -4.52. The summed E-state index contributed by atoms with van der Waals surface area (Å²) >= 11 is 0. The lowest BCUT2D eigenvalue weighted by atomic mass is 10.1. The Kier molecular flexibility index (Phi) is 4.62. The van der Waals surface area contributed by atoms with Crippen LogP contribution in [0, 0.1) is 20.8 Å². The molecule has 0 atom stereocenters. The number of rotatable bonds is 4. The van der Waals surface area contributed by atoms with Crippen LogP contribution in [0.1, 0.15) is 17.1 Å². The molecule has 0 aliphatic rings. The molecule has 6 aromatic rings. The second kappa shape index (κ2) is 7.81. The van der Waals surface area contributed by atoms with E-state index in [0.717, 1.165) is 38.7 Å². The summed E-state index contributed by atoms with van der Waals surface area (Å²) in [7, 11) is 0. The molecule has 0 N–H and O–H groups in total. The summed E-state index contributed by atoms with van der Waals surface area (Å²) < 4.78 is 14.0. The van der Waals surface area contributed by atoms with Gasteiger partial charge in [0.05, 0.1) is 11.0 Å². The number of hydrogen-bond acceptors (Lipinski definition) is 6. The molecule has 7 nitrogen and oxygen atoms in total. The number of ether oxygens (including phenoxy) is 2. The maximum absolute atomic E-state index is 6.20. The topological polar surface area (TPSA) is 74.4 Å². The first-order valence-electron chi connectivity index (χ1n) is 11.0. The van der Waals surface area contributed by atoms with Gasteiger partial charge in [-0.05, 0) is 74.9 Å². The van der Waals surface area contributed by atoms with E-state index >= 15 is 0 Å². The van der Waals surface area contributed by atoms with Crippen LogP contribution in [-0.4, -0.2) is 24.6 Å². The van der Waals surface area contributed by atoms with Crippen molar-refractivity contribution in [2.75, 3.05) is 0 Å². The molecule has 0 unspecified atom stereocenters. The molecule has 0 aliphatic heterocycles. The fraction of sp³-hybridized carbons (Fsp3) is 0.111. The highest BCUT2D eigenvalue weighted by atomic mass is 16.5. The first-order valence-corrected chi connectivity index (χ1v) is 11.0. The minimum atomic E-state index is 0.544. The molecular weight excluding hydrogens is 426 g/mol. The van der Waals surface area contributed by atoms with Crippen LogP contribution < -0.4 is 9.47 Å². The molecule has 0 amide bonds. The van der Waals surface area contributed by atoms with E-state index in [2.05, 4.69) is 15.1 Å². The van der Waals surface area contributed by atoms with Crippen LogP contribution in [0.25, 0.3) is 27.5 Å². The van der Waals surface area contributed by atoms with Gasteiger partial charge < -0.3 is 9.47 Å². The highest BCUT2D eigenvalue weighted by molar-refractivity contribution is 6.10. The molecule has 2 aromatic carbocycles. The van der Waals surface area contributed by atoms with E-state index in [9.17, 15) is 0 Å². The van der Waals surface area contributed by atoms with Gasteiger partial charge in [-0.1, -0.05) is 6.07 Å². The van der Waals surface area contributed by atoms with Crippen LogP contribution in [0.5, 0.6) is 23.1 Å². The third-order valence-electron chi connectivity index (χ3n) is 5.60. The zero-order chi connectivity index (χ0) is 23.2. The zero-order valence-corrected chi connectivity index (χ0v) is 19.0. The number of fused-ring (bicyclic) bond motifs is 6. The molecule has 0 saturated carbocycles. The smallest absolute Gasteiger partial charge is 0.219 e. The molecule has 0 fully saturated rings. The van der Waals surface area contributed by atoms with Crippen LogP contribution >= 0.6 is 0 Å². The van der Waals surface area contributed by atoms with Crippen molar-refractivity contribution in [3.63, 3.8) is 0 Å². The van der Waals surface area contributed by atoms with E-state index in [0.29, 0.717) is 29.0 Å². The van der Waals surface area contributed by atoms with Gasteiger partial charge in [-0.25, -0.2) is 14.5 Å². The minimum absolute atomic E-state index is 0.544. The Balaban J connectivity index is 1.41. The predicted molar refractivity (Wildman–Crippen MR) is 131 cm³/mol. The third-order valence-corrected chi connectivity index (χ3v) is 5.60. The Bertz CT molecular complexity index is 1710. The van der Waals surface area contributed by atoms with Crippen LogP contribution in [-0.2, 0) is 0 Å². The van der Waals surface area contributed by atoms with Gasteiger partial charge in [-0.3, -0.25) is 4.98 Å². The average molecular weight is 447 g/mol. The van der Waals surface area contributed by atoms with Crippen LogP contribution in [0.2, 0.25) is 0 Å². The number of nitrogens with zero attached hydrogens (tertiary/aromatic N) is 5. The number of aryl methyl sites for hydroxylation is 3. The summed E-state index contributed by atoms with van der Waals surface area (Å²) in [6.07, 6.45) is 1.73. The van der Waals surface area contributed by atoms with Crippen LogP contribution in [0.15, 0.2) is 72.9 Å². The molecular formula is C27H21N5O2. The minimum Gasteiger partial charge on any atom is -0.457 e. The lowest BCUT2D eigenvalue weighted by Gasteiger charge is -2.11. The predicted octanol–water partition coefficient (Wildman–Crippen LogP) is 6.34. The van der Waals surface area contributed by atoms with Crippen molar-refractivity contribution in [3.8, 4) is 23.1 Å². The monoisotopic (exact) mass is 447 g/mol. The molecule has 0 radical (unpaired) electrons. The highest BCUT2D eigenvalue weighted by Gasteiger charge is 2.14. The summed E-state index contributed by atoms with van der Waals surface area (Å²) in [5.41, 5.74) is 4.63. The van der Waals surface area contributed by atoms with Crippen molar-refractivity contribution in [1.82, 2.24) is 24.6 Å². The normalized spacial score (nSPS) is 11.4. The number of hydrogen-bond donors (Lipinski definition) is 0. The first-order chi connectivity index (χ1) is 16.5. The summed E-state index contributed by atoms with van der Waals surface area (Å²) in [5.74, 6) is 3.25. The lowest BCUT2D eigenvalue weighted by molar-refractivity contribution is 0.449. The van der Waals surface area contributed by atoms with Gasteiger partial charge in [0.25, 0.3) is 0 Å². The Morgan fingerprint density at radius 3 is 2.41 bits per heavy atom. The molecule has 0 bridgehead atoms. The SMILES string of the molecule is Cc1ccnc(Oc2cccc(Oc3ccc4c(c3)c3nc(C)nn3c3ccc(C)nc43)c2)c1. The van der Waals surface area contributed by atoms with Gasteiger partial charge in [0.15, 0.2) is 5.65 Å². The van der Waals surface area contributed by atoms with Gasteiger partial charge in [0.1, 0.15) is 23.1 Å². The number of pyridine rings is 3. The molecule has 0 spiro atoms. The van der Waals surface area contributed by atoms with E-state index in [-0.39, 0.29) is 0 Å². The van der Waals surface area contributed by atoms with E-state index < -0.39 is 0 Å². The molecule has 0 aliphatic carbocycles. The summed E-state index contributed by atoms with van der Waals surface area (Å²) in [6, 6.07) is 21.3. The fourth-order valence-corrected chi connectivity index (χ4v) is 4.08. The lowest BCUT2D eigenvalue weighted by Crippen LogP contribution is -1.96. The molecule has 4 aromatic heterocycles. The Morgan fingerprint density at radius 1 is 0.735 bits per heavy atom. The summed E-state index contributed by atoms with van der Waals surface area (Å²) in [5, 5.41) is 6.53.